The first-order chi connectivity index (χ1) is 9.89. The van der Waals surface area contributed by atoms with Crippen LogP contribution in [-0.4, -0.2) is 37.4 Å². The number of methoxy groups -OCH3 is 1. The van der Waals surface area contributed by atoms with Crippen molar-refractivity contribution in [3.63, 3.8) is 0 Å². The first-order valence-electron chi connectivity index (χ1n) is 7.28. The third-order valence-electron chi connectivity index (χ3n) is 3.50. The van der Waals surface area contributed by atoms with Crippen molar-refractivity contribution in [2.75, 3.05) is 26.9 Å². The normalized spacial score (nSPS) is 16.7. The molecule has 0 bridgehead atoms. The van der Waals surface area contributed by atoms with Gasteiger partial charge in [-0.1, -0.05) is 12.1 Å². The Labute approximate surface area is 126 Å². The fourth-order valence-electron chi connectivity index (χ4n) is 2.24. The van der Waals surface area contributed by atoms with Crippen LogP contribution in [0.4, 0.5) is 4.39 Å². The van der Waals surface area contributed by atoms with Crippen molar-refractivity contribution in [1.82, 2.24) is 4.90 Å². The second kappa shape index (κ2) is 6.58. The summed E-state index contributed by atoms with van der Waals surface area (Å²) in [5.74, 6) is -0.0234. The van der Waals surface area contributed by atoms with Crippen molar-refractivity contribution in [2.45, 2.75) is 32.8 Å². The summed E-state index contributed by atoms with van der Waals surface area (Å²) in [7, 11) is 1.48. The van der Waals surface area contributed by atoms with E-state index in [4.69, 9.17) is 9.47 Å². The summed E-state index contributed by atoms with van der Waals surface area (Å²) in [6, 6.07) is 5.14. The molecule has 116 valence electrons. The predicted octanol–water partition coefficient (Wildman–Crippen LogP) is 3.70. The molecule has 0 N–H and O–H groups in total. The van der Waals surface area contributed by atoms with Gasteiger partial charge in [-0.3, -0.25) is 4.90 Å². The Bertz CT molecular complexity index is 520. The highest BCUT2D eigenvalue weighted by atomic mass is 19.1. The lowest BCUT2D eigenvalue weighted by atomic mass is 9.99. The van der Waals surface area contributed by atoms with Crippen LogP contribution in [0.5, 0.6) is 5.75 Å². The van der Waals surface area contributed by atoms with Gasteiger partial charge in [-0.15, -0.1) is 0 Å². The smallest absolute Gasteiger partial charge is 0.165 e. The molecule has 0 radical (unpaired) electrons. The van der Waals surface area contributed by atoms with Crippen LogP contribution < -0.4 is 4.74 Å². The summed E-state index contributed by atoms with van der Waals surface area (Å²) in [5.41, 5.74) is 2.00. The molecular weight excluding hydrogens is 269 g/mol. The molecule has 1 aromatic rings. The van der Waals surface area contributed by atoms with Crippen LogP contribution in [0.3, 0.4) is 0 Å². The molecule has 4 heteroatoms. The minimum absolute atomic E-state index is 0.122. The summed E-state index contributed by atoms with van der Waals surface area (Å²) >= 11 is 0. The number of ether oxygens (including phenoxy) is 2. The van der Waals surface area contributed by atoms with Crippen LogP contribution in [0.15, 0.2) is 24.3 Å². The van der Waals surface area contributed by atoms with Gasteiger partial charge in [-0.2, -0.15) is 0 Å². The van der Waals surface area contributed by atoms with Crippen molar-refractivity contribution >= 4 is 5.57 Å². The molecule has 3 nitrogen and oxygen atoms in total. The maximum Gasteiger partial charge on any atom is 0.165 e. The minimum Gasteiger partial charge on any atom is -0.494 e. The molecule has 0 saturated carbocycles. The summed E-state index contributed by atoms with van der Waals surface area (Å²) in [5, 5.41) is 0. The standard InChI is InChI=1S/C17H24FNO2/c1-17(2,3)21-12-19-9-7-13(8-10-19)14-5-6-16(20-4)15(18)11-14/h5-7,11H,8-10,12H2,1-4H3. The SMILES string of the molecule is COc1ccc(C2=CCN(COC(C)(C)C)CC2)cc1F. The molecule has 0 fully saturated rings. The molecule has 0 amide bonds. The number of halogens is 1. The molecule has 0 aromatic heterocycles. The summed E-state index contributed by atoms with van der Waals surface area (Å²) in [6.07, 6.45) is 3.05. The highest BCUT2D eigenvalue weighted by molar-refractivity contribution is 5.67. The van der Waals surface area contributed by atoms with Crippen LogP contribution in [0.25, 0.3) is 5.57 Å². The van der Waals surface area contributed by atoms with Crippen LogP contribution in [0.2, 0.25) is 0 Å². The highest BCUT2D eigenvalue weighted by Gasteiger charge is 2.17. The fraction of sp³-hybridized carbons (Fsp3) is 0.529. The summed E-state index contributed by atoms with van der Waals surface area (Å²) in [6.45, 7) is 8.55. The van der Waals surface area contributed by atoms with E-state index in [-0.39, 0.29) is 17.2 Å². The Morgan fingerprint density at radius 3 is 2.57 bits per heavy atom. The lowest BCUT2D eigenvalue weighted by molar-refractivity contribution is -0.0603. The van der Waals surface area contributed by atoms with Gasteiger partial charge in [0.05, 0.1) is 19.4 Å². The molecule has 0 unspecified atom stereocenters. The molecule has 0 aliphatic carbocycles. The zero-order chi connectivity index (χ0) is 15.5. The zero-order valence-electron chi connectivity index (χ0n) is 13.3. The van der Waals surface area contributed by atoms with Crippen LogP contribution >= 0.6 is 0 Å². The number of hydrogen-bond acceptors (Lipinski definition) is 3. The fourth-order valence-corrected chi connectivity index (χ4v) is 2.24. The Morgan fingerprint density at radius 1 is 1.29 bits per heavy atom. The van der Waals surface area contributed by atoms with Crippen molar-refractivity contribution in [3.05, 3.63) is 35.7 Å². The lowest BCUT2D eigenvalue weighted by Crippen LogP contribution is -2.34. The van der Waals surface area contributed by atoms with E-state index in [1.54, 1.807) is 12.1 Å². The average Bonchev–Trinajstić information content (AvgIpc) is 2.45. The number of benzene rings is 1. The summed E-state index contributed by atoms with van der Waals surface area (Å²) in [4.78, 5) is 2.24. The van der Waals surface area contributed by atoms with E-state index in [2.05, 4.69) is 31.7 Å². The van der Waals surface area contributed by atoms with E-state index in [1.165, 1.54) is 12.7 Å². The predicted molar refractivity (Wildman–Crippen MR) is 82.8 cm³/mol. The van der Waals surface area contributed by atoms with Gasteiger partial charge in [0, 0.05) is 13.1 Å². The molecule has 1 aliphatic rings. The van der Waals surface area contributed by atoms with Gasteiger partial charge < -0.3 is 9.47 Å². The molecule has 0 spiro atoms. The zero-order valence-corrected chi connectivity index (χ0v) is 13.3. The molecule has 0 saturated heterocycles. The van der Waals surface area contributed by atoms with Gasteiger partial charge in [0.2, 0.25) is 0 Å². The maximum atomic E-state index is 13.8. The van der Waals surface area contributed by atoms with Gasteiger partial charge in [-0.25, -0.2) is 4.39 Å². The van der Waals surface area contributed by atoms with Crippen molar-refractivity contribution in [1.29, 1.82) is 0 Å². The first-order valence-corrected chi connectivity index (χ1v) is 7.28. The Kier molecular flexibility index (Phi) is 5.01. The van der Waals surface area contributed by atoms with Crippen LogP contribution in [0.1, 0.15) is 32.8 Å². The quantitative estimate of drug-likeness (QED) is 0.845. The molecule has 21 heavy (non-hydrogen) atoms. The monoisotopic (exact) mass is 293 g/mol. The molecule has 0 atom stereocenters. The third-order valence-corrected chi connectivity index (χ3v) is 3.50. The third kappa shape index (κ3) is 4.55. The molecule has 2 rings (SSSR count). The van der Waals surface area contributed by atoms with E-state index in [1.807, 2.05) is 6.07 Å². The van der Waals surface area contributed by atoms with E-state index in [9.17, 15) is 4.39 Å². The Morgan fingerprint density at radius 2 is 2.05 bits per heavy atom. The van der Waals surface area contributed by atoms with Crippen molar-refractivity contribution in [2.24, 2.45) is 0 Å². The van der Waals surface area contributed by atoms with Crippen molar-refractivity contribution in [3.8, 4) is 5.75 Å². The first kappa shape index (κ1) is 16.0. The van der Waals surface area contributed by atoms with Gasteiger partial charge in [0.25, 0.3) is 0 Å². The van der Waals surface area contributed by atoms with Gasteiger partial charge in [-0.05, 0) is 50.5 Å². The van der Waals surface area contributed by atoms with E-state index in [0.717, 1.165) is 25.1 Å². The van der Waals surface area contributed by atoms with Crippen LogP contribution in [0, 0.1) is 5.82 Å². The maximum absolute atomic E-state index is 13.8. The number of nitrogens with zero attached hydrogens (tertiary/aromatic N) is 1. The number of hydrogen-bond donors (Lipinski definition) is 0. The van der Waals surface area contributed by atoms with Gasteiger partial charge in [0.15, 0.2) is 11.6 Å². The van der Waals surface area contributed by atoms with Gasteiger partial charge in [0.1, 0.15) is 0 Å². The molecule has 1 aliphatic heterocycles. The van der Waals surface area contributed by atoms with Crippen molar-refractivity contribution < 1.29 is 13.9 Å². The lowest BCUT2D eigenvalue weighted by Gasteiger charge is -2.29. The largest absolute Gasteiger partial charge is 0.494 e. The average molecular weight is 293 g/mol. The van der Waals surface area contributed by atoms with E-state index >= 15 is 0 Å². The second-order valence-corrected chi connectivity index (χ2v) is 6.29. The van der Waals surface area contributed by atoms with E-state index in [0.29, 0.717) is 6.73 Å². The highest BCUT2D eigenvalue weighted by Crippen LogP contribution is 2.26. The van der Waals surface area contributed by atoms with E-state index < -0.39 is 0 Å². The minimum atomic E-state index is -0.311. The summed E-state index contributed by atoms with van der Waals surface area (Å²) < 4.78 is 24.5. The Balaban J connectivity index is 1.98. The topological polar surface area (TPSA) is 21.7 Å². The molecular formula is C17H24FNO2. The Hall–Kier alpha value is -1.39. The molecule has 1 heterocycles. The van der Waals surface area contributed by atoms with Crippen LogP contribution in [-0.2, 0) is 4.74 Å². The van der Waals surface area contributed by atoms with Gasteiger partial charge >= 0.3 is 0 Å². The number of rotatable bonds is 4. The molecule has 1 aromatic carbocycles. The second-order valence-electron chi connectivity index (χ2n) is 6.29.